The lowest BCUT2D eigenvalue weighted by molar-refractivity contribution is 0.0696. The van der Waals surface area contributed by atoms with Crippen molar-refractivity contribution in [1.82, 2.24) is 24.7 Å². The number of nitrogens with one attached hydrogen (secondary N) is 1. The number of carboxylic acid groups (broad SMARTS) is 1. The fourth-order valence-electron chi connectivity index (χ4n) is 4.37. The summed E-state index contributed by atoms with van der Waals surface area (Å²) in [6.45, 7) is 2.51. The normalized spacial score (nSPS) is 10.6. The van der Waals surface area contributed by atoms with Gasteiger partial charge in [0.1, 0.15) is 17.3 Å². The van der Waals surface area contributed by atoms with Gasteiger partial charge in [0.2, 0.25) is 0 Å². The van der Waals surface area contributed by atoms with E-state index in [0.29, 0.717) is 41.0 Å². The molecule has 10 heteroatoms. The Labute approximate surface area is 251 Å². The minimum Gasteiger partial charge on any atom is -0.478 e. The van der Waals surface area contributed by atoms with Crippen molar-refractivity contribution in [2.75, 3.05) is 6.54 Å². The fourth-order valence-corrected chi connectivity index (χ4v) is 4.37. The van der Waals surface area contributed by atoms with Crippen LogP contribution in [0, 0.1) is 18.6 Å². The number of hydrogen-bond acceptors (Lipinski definition) is 5. The molecule has 0 aliphatic heterocycles. The summed E-state index contributed by atoms with van der Waals surface area (Å²) in [4.78, 5) is 35.7. The number of rotatable bonds is 7. The van der Waals surface area contributed by atoms with E-state index in [4.69, 9.17) is 5.11 Å². The van der Waals surface area contributed by atoms with Gasteiger partial charge in [-0.1, -0.05) is 30.3 Å². The molecule has 44 heavy (non-hydrogen) atoms. The van der Waals surface area contributed by atoms with Crippen molar-refractivity contribution >= 4 is 17.5 Å². The maximum absolute atomic E-state index is 13.3. The highest BCUT2D eigenvalue weighted by atomic mass is 19.1. The van der Waals surface area contributed by atoms with Crippen LogP contribution >= 0.6 is 0 Å². The number of nitrogens with zero attached hydrogens (tertiary/aromatic N) is 4. The van der Waals surface area contributed by atoms with Crippen molar-refractivity contribution in [2.45, 2.75) is 13.3 Å². The third-order valence-corrected chi connectivity index (χ3v) is 6.59. The number of aromatic carboxylic acids is 1. The summed E-state index contributed by atoms with van der Waals surface area (Å²) in [5, 5.41) is 11.6. The number of pyridine rings is 3. The zero-order valence-electron chi connectivity index (χ0n) is 23.6. The second kappa shape index (κ2) is 13.5. The third-order valence-electron chi connectivity index (χ3n) is 6.59. The van der Waals surface area contributed by atoms with Crippen LogP contribution in [0.1, 0.15) is 32.0 Å². The highest BCUT2D eigenvalue weighted by Crippen LogP contribution is 2.19. The second-order valence-electron chi connectivity index (χ2n) is 9.90. The quantitative estimate of drug-likeness (QED) is 0.222. The number of hydrogen-bond donors (Lipinski definition) is 2. The number of benzene rings is 2. The Morgan fingerprint density at radius 1 is 0.795 bits per heavy atom. The predicted molar refractivity (Wildman–Crippen MR) is 162 cm³/mol. The van der Waals surface area contributed by atoms with Crippen molar-refractivity contribution < 1.29 is 23.5 Å². The van der Waals surface area contributed by atoms with Gasteiger partial charge in [0.25, 0.3) is 5.91 Å². The summed E-state index contributed by atoms with van der Waals surface area (Å²) < 4.78 is 28.3. The Balaban J connectivity index is 0.000000204. The Kier molecular flexibility index (Phi) is 9.10. The van der Waals surface area contributed by atoms with E-state index in [9.17, 15) is 18.4 Å². The molecule has 0 spiro atoms. The summed E-state index contributed by atoms with van der Waals surface area (Å²) in [6, 6.07) is 22.6. The molecule has 4 aromatic heterocycles. The standard InChI is InChI=1S/C22H19FN4O.C12H8FNO2/c1-15-5-8-21-26-19(14-27(21)13-15)9-10-24-22(28)17-6-7-20(25-12-17)16-3-2-4-18(23)11-16;13-10-3-1-2-8(6-10)11-5-4-9(7-14-11)12(15)16/h2-8,11-14H,9-10H2,1H3,(H,24,28);1-7H,(H,15,16). The predicted octanol–water partition coefficient (Wildman–Crippen LogP) is 6.40. The molecule has 2 aromatic carbocycles. The van der Waals surface area contributed by atoms with Gasteiger partial charge >= 0.3 is 5.97 Å². The maximum Gasteiger partial charge on any atom is 0.337 e. The molecule has 4 heterocycles. The van der Waals surface area contributed by atoms with E-state index in [2.05, 4.69) is 20.3 Å². The molecule has 0 unspecified atom stereocenters. The van der Waals surface area contributed by atoms with Gasteiger partial charge in [-0.3, -0.25) is 14.8 Å². The van der Waals surface area contributed by atoms with Gasteiger partial charge < -0.3 is 14.8 Å². The fraction of sp³-hybridized carbons (Fsp3) is 0.0882. The second-order valence-corrected chi connectivity index (χ2v) is 9.90. The van der Waals surface area contributed by atoms with Gasteiger partial charge in [0.05, 0.1) is 28.2 Å². The van der Waals surface area contributed by atoms with Gasteiger partial charge in [0.15, 0.2) is 0 Å². The van der Waals surface area contributed by atoms with Gasteiger partial charge in [-0.05, 0) is 67.1 Å². The average molecular weight is 592 g/mol. The molecule has 0 saturated heterocycles. The van der Waals surface area contributed by atoms with Gasteiger partial charge in [0, 0.05) is 48.9 Å². The molecule has 8 nitrogen and oxygen atoms in total. The van der Waals surface area contributed by atoms with E-state index in [1.165, 1.54) is 48.3 Å². The first kappa shape index (κ1) is 29.7. The number of halogens is 2. The highest BCUT2D eigenvalue weighted by molar-refractivity contribution is 5.94. The van der Waals surface area contributed by atoms with Crippen LogP contribution in [0.5, 0.6) is 0 Å². The molecule has 6 rings (SSSR count). The molecular weight excluding hydrogens is 564 g/mol. The number of fused-ring (bicyclic) bond motifs is 1. The lowest BCUT2D eigenvalue weighted by atomic mass is 10.1. The van der Waals surface area contributed by atoms with Crippen molar-refractivity contribution in [3.63, 3.8) is 0 Å². The highest BCUT2D eigenvalue weighted by Gasteiger charge is 2.09. The topological polar surface area (TPSA) is 109 Å². The molecule has 0 bridgehead atoms. The third kappa shape index (κ3) is 7.54. The number of aromatic nitrogens is 4. The number of carbonyl (C=O) groups is 2. The minimum atomic E-state index is -1.03. The number of imidazole rings is 1. The lowest BCUT2D eigenvalue weighted by Crippen LogP contribution is -2.25. The summed E-state index contributed by atoms with van der Waals surface area (Å²) in [7, 11) is 0. The summed E-state index contributed by atoms with van der Waals surface area (Å²) >= 11 is 0. The number of aryl methyl sites for hydroxylation is 1. The molecule has 220 valence electrons. The maximum atomic E-state index is 13.3. The molecular formula is C34H27F2N5O3. The summed E-state index contributed by atoms with van der Waals surface area (Å²) in [5.41, 5.74) is 6.02. The van der Waals surface area contributed by atoms with Crippen LogP contribution in [0.25, 0.3) is 28.2 Å². The van der Waals surface area contributed by atoms with E-state index in [1.54, 1.807) is 42.5 Å². The zero-order chi connectivity index (χ0) is 31.1. The zero-order valence-corrected chi connectivity index (χ0v) is 23.6. The van der Waals surface area contributed by atoms with Crippen molar-refractivity contribution in [3.05, 3.63) is 144 Å². The summed E-state index contributed by atoms with van der Waals surface area (Å²) in [5.74, 6) is -1.89. The van der Waals surface area contributed by atoms with E-state index >= 15 is 0 Å². The van der Waals surface area contributed by atoms with Crippen LogP contribution in [0.15, 0.2) is 110 Å². The van der Waals surface area contributed by atoms with E-state index in [0.717, 1.165) is 11.3 Å². The van der Waals surface area contributed by atoms with Gasteiger partial charge in [-0.2, -0.15) is 0 Å². The largest absolute Gasteiger partial charge is 0.478 e. The molecule has 1 amide bonds. The van der Waals surface area contributed by atoms with Gasteiger partial charge in [-0.25, -0.2) is 18.6 Å². The Bertz CT molecular complexity index is 1920. The first-order valence-electron chi connectivity index (χ1n) is 13.6. The number of carbonyl (C=O) groups excluding carboxylic acids is 1. The smallest absolute Gasteiger partial charge is 0.337 e. The molecule has 6 aromatic rings. The molecule has 0 saturated carbocycles. The van der Waals surface area contributed by atoms with Crippen molar-refractivity contribution in [2.24, 2.45) is 0 Å². The number of amides is 1. The molecule has 0 aliphatic rings. The Morgan fingerprint density at radius 2 is 1.41 bits per heavy atom. The van der Waals surface area contributed by atoms with Crippen molar-refractivity contribution in [1.29, 1.82) is 0 Å². The van der Waals surface area contributed by atoms with Crippen LogP contribution in [-0.4, -0.2) is 42.9 Å². The van der Waals surface area contributed by atoms with Crippen LogP contribution in [-0.2, 0) is 6.42 Å². The Hall–Kier alpha value is -5.77. The molecule has 0 fully saturated rings. The SMILES string of the molecule is Cc1ccc2nc(CCNC(=O)c3ccc(-c4cccc(F)c4)nc3)cn2c1.O=C(O)c1ccc(-c2cccc(F)c2)nc1. The molecule has 0 radical (unpaired) electrons. The number of carboxylic acids is 1. The van der Waals surface area contributed by atoms with Crippen LogP contribution in [0.2, 0.25) is 0 Å². The van der Waals surface area contributed by atoms with E-state index in [-0.39, 0.29) is 23.1 Å². The lowest BCUT2D eigenvalue weighted by Gasteiger charge is -2.05. The first-order valence-corrected chi connectivity index (χ1v) is 13.6. The van der Waals surface area contributed by atoms with Crippen LogP contribution in [0.3, 0.4) is 0 Å². The van der Waals surface area contributed by atoms with Crippen molar-refractivity contribution in [3.8, 4) is 22.5 Å². The van der Waals surface area contributed by atoms with E-state index in [1.807, 2.05) is 35.9 Å². The van der Waals surface area contributed by atoms with Gasteiger partial charge in [-0.15, -0.1) is 0 Å². The average Bonchev–Trinajstić information content (AvgIpc) is 3.43. The van der Waals surface area contributed by atoms with Crippen LogP contribution in [0.4, 0.5) is 8.78 Å². The summed E-state index contributed by atoms with van der Waals surface area (Å²) in [6.07, 6.45) is 7.40. The molecule has 0 atom stereocenters. The monoisotopic (exact) mass is 591 g/mol. The Morgan fingerprint density at radius 3 is 1.95 bits per heavy atom. The molecule has 0 aliphatic carbocycles. The van der Waals surface area contributed by atoms with E-state index < -0.39 is 5.97 Å². The van der Waals surface area contributed by atoms with Crippen LogP contribution < -0.4 is 5.32 Å². The minimum absolute atomic E-state index is 0.111. The first-order chi connectivity index (χ1) is 21.2. The molecule has 2 N–H and O–H groups in total.